The lowest BCUT2D eigenvalue weighted by Crippen LogP contribution is -2.50. The Labute approximate surface area is 202 Å². The van der Waals surface area contributed by atoms with E-state index < -0.39 is 22.2 Å². The molecule has 0 saturated heterocycles. The van der Waals surface area contributed by atoms with Crippen molar-refractivity contribution < 1.29 is 23.1 Å². The number of fused-ring (bicyclic) bond motifs is 1. The van der Waals surface area contributed by atoms with Gasteiger partial charge in [-0.05, 0) is 44.2 Å². The summed E-state index contributed by atoms with van der Waals surface area (Å²) in [5, 5.41) is 9.79. The van der Waals surface area contributed by atoms with Crippen molar-refractivity contribution in [3.8, 4) is 5.75 Å². The summed E-state index contributed by atoms with van der Waals surface area (Å²) in [5.74, 6) is 0.00454. The number of hydrogen-bond donors (Lipinski definition) is 1. The van der Waals surface area contributed by atoms with Crippen molar-refractivity contribution in [2.45, 2.75) is 37.8 Å². The van der Waals surface area contributed by atoms with Crippen LogP contribution >= 0.6 is 0 Å². The van der Waals surface area contributed by atoms with E-state index in [-0.39, 0.29) is 29.9 Å². The van der Waals surface area contributed by atoms with E-state index in [1.165, 1.54) is 4.31 Å². The first-order valence-corrected chi connectivity index (χ1v) is 12.8. The minimum Gasteiger partial charge on any atom is -0.488 e. The standard InChI is InChI=1S/C25H35N3O5S/c1-17-7-10-21(11-8-17)34(31,32)27(6)15-24-18(2)14-28(19(3)16-29)25(30)22-13-20(26(4)5)9-12-23(22)33-24/h7-13,18-19,24,29H,14-16H2,1-6H3/t18-,19-,24+/m1/s1. The van der Waals surface area contributed by atoms with Gasteiger partial charge in [0.1, 0.15) is 11.9 Å². The number of hydrogen-bond acceptors (Lipinski definition) is 6. The molecule has 0 radical (unpaired) electrons. The fourth-order valence-corrected chi connectivity index (χ4v) is 5.13. The van der Waals surface area contributed by atoms with Crippen LogP contribution in [0.15, 0.2) is 47.4 Å². The summed E-state index contributed by atoms with van der Waals surface area (Å²) in [6, 6.07) is 11.7. The van der Waals surface area contributed by atoms with Crippen molar-refractivity contribution in [2.24, 2.45) is 5.92 Å². The number of likely N-dealkylation sites (N-methyl/N-ethyl adjacent to an activating group) is 1. The van der Waals surface area contributed by atoms with Crippen LogP contribution in [0.2, 0.25) is 0 Å². The molecule has 0 fully saturated rings. The first-order valence-electron chi connectivity index (χ1n) is 11.4. The lowest BCUT2D eigenvalue weighted by atomic mass is 9.99. The summed E-state index contributed by atoms with van der Waals surface area (Å²) in [6.45, 7) is 5.90. The Kier molecular flexibility index (Phi) is 7.90. The highest BCUT2D eigenvalue weighted by Crippen LogP contribution is 2.31. The molecule has 0 spiro atoms. The Hall–Kier alpha value is -2.62. The summed E-state index contributed by atoms with van der Waals surface area (Å²) in [4.78, 5) is 17.2. The Bertz CT molecular complexity index is 1120. The molecule has 0 aliphatic carbocycles. The van der Waals surface area contributed by atoms with E-state index in [9.17, 15) is 18.3 Å². The van der Waals surface area contributed by atoms with E-state index in [1.54, 1.807) is 55.3 Å². The van der Waals surface area contributed by atoms with Crippen LogP contribution in [-0.4, -0.2) is 81.6 Å². The van der Waals surface area contributed by atoms with Crippen molar-refractivity contribution in [1.29, 1.82) is 0 Å². The molecule has 0 bridgehead atoms. The minimum absolute atomic E-state index is 0.113. The second kappa shape index (κ2) is 10.3. The van der Waals surface area contributed by atoms with E-state index in [0.717, 1.165) is 11.3 Å². The molecule has 34 heavy (non-hydrogen) atoms. The number of nitrogens with zero attached hydrogens (tertiary/aromatic N) is 3. The summed E-state index contributed by atoms with van der Waals surface area (Å²) in [5.41, 5.74) is 2.22. The van der Waals surface area contributed by atoms with Crippen LogP contribution in [0.25, 0.3) is 0 Å². The lowest BCUT2D eigenvalue weighted by molar-refractivity contribution is 0.0387. The van der Waals surface area contributed by atoms with Gasteiger partial charge < -0.3 is 19.6 Å². The first kappa shape index (κ1) is 26.0. The van der Waals surface area contributed by atoms with Crippen LogP contribution in [0.5, 0.6) is 5.75 Å². The molecule has 1 heterocycles. The SMILES string of the molecule is Cc1ccc(S(=O)(=O)N(C)C[C@@H]2Oc3ccc(N(C)C)cc3C(=O)N([C@H](C)CO)C[C@H]2C)cc1. The van der Waals surface area contributed by atoms with Gasteiger partial charge in [0.2, 0.25) is 10.0 Å². The maximum absolute atomic E-state index is 13.4. The third kappa shape index (κ3) is 5.37. The van der Waals surface area contributed by atoms with Crippen LogP contribution in [0.3, 0.4) is 0 Å². The normalized spacial score (nSPS) is 19.8. The Morgan fingerprint density at radius 2 is 1.79 bits per heavy atom. The van der Waals surface area contributed by atoms with Crippen molar-refractivity contribution in [3.63, 3.8) is 0 Å². The van der Waals surface area contributed by atoms with Gasteiger partial charge in [-0.25, -0.2) is 8.42 Å². The van der Waals surface area contributed by atoms with Crippen LogP contribution in [0.1, 0.15) is 29.8 Å². The van der Waals surface area contributed by atoms with Crippen LogP contribution < -0.4 is 9.64 Å². The molecule has 1 amide bonds. The molecule has 0 unspecified atom stereocenters. The van der Waals surface area contributed by atoms with Crippen molar-refractivity contribution in [3.05, 3.63) is 53.6 Å². The molecular formula is C25H35N3O5S. The summed E-state index contributed by atoms with van der Waals surface area (Å²) < 4.78 is 34.0. The van der Waals surface area contributed by atoms with Crippen LogP contribution in [0, 0.1) is 12.8 Å². The zero-order valence-corrected chi connectivity index (χ0v) is 21.5. The highest BCUT2D eigenvalue weighted by atomic mass is 32.2. The van der Waals surface area contributed by atoms with Crippen molar-refractivity contribution in [1.82, 2.24) is 9.21 Å². The van der Waals surface area contributed by atoms with E-state index in [1.807, 2.05) is 38.9 Å². The number of sulfonamides is 1. The van der Waals surface area contributed by atoms with E-state index in [4.69, 9.17) is 4.74 Å². The predicted octanol–water partition coefficient (Wildman–Crippen LogP) is 2.60. The third-order valence-electron chi connectivity index (χ3n) is 6.33. The van der Waals surface area contributed by atoms with E-state index in [2.05, 4.69) is 0 Å². The molecule has 2 aromatic rings. The number of carbonyl (C=O) groups excluding carboxylic acids is 1. The number of aryl methyl sites for hydroxylation is 1. The van der Waals surface area contributed by atoms with Crippen molar-refractivity contribution in [2.75, 3.05) is 45.7 Å². The second-order valence-corrected chi connectivity index (χ2v) is 11.3. The Morgan fingerprint density at radius 3 is 2.38 bits per heavy atom. The van der Waals surface area contributed by atoms with Crippen molar-refractivity contribution >= 4 is 21.6 Å². The van der Waals surface area contributed by atoms with Gasteiger partial charge in [0, 0.05) is 39.3 Å². The summed E-state index contributed by atoms with van der Waals surface area (Å²) in [7, 11) is 1.60. The Balaban J connectivity index is 1.97. The predicted molar refractivity (Wildman–Crippen MR) is 133 cm³/mol. The molecule has 9 heteroatoms. The monoisotopic (exact) mass is 489 g/mol. The van der Waals surface area contributed by atoms with Gasteiger partial charge in [-0.1, -0.05) is 24.6 Å². The number of benzene rings is 2. The molecule has 1 N–H and O–H groups in total. The maximum Gasteiger partial charge on any atom is 0.258 e. The summed E-state index contributed by atoms with van der Waals surface area (Å²) >= 11 is 0. The van der Waals surface area contributed by atoms with Crippen LogP contribution in [-0.2, 0) is 10.0 Å². The van der Waals surface area contributed by atoms with Gasteiger partial charge in [0.25, 0.3) is 5.91 Å². The maximum atomic E-state index is 13.4. The average Bonchev–Trinajstić information content (AvgIpc) is 2.80. The smallest absolute Gasteiger partial charge is 0.258 e. The van der Waals surface area contributed by atoms with Crippen LogP contribution in [0.4, 0.5) is 5.69 Å². The largest absolute Gasteiger partial charge is 0.488 e. The molecule has 1 aliphatic rings. The topological polar surface area (TPSA) is 90.4 Å². The number of ether oxygens (including phenoxy) is 1. The number of rotatable bonds is 7. The first-order chi connectivity index (χ1) is 15.9. The van der Waals surface area contributed by atoms with E-state index >= 15 is 0 Å². The van der Waals surface area contributed by atoms with Gasteiger partial charge in [0.05, 0.1) is 29.7 Å². The molecule has 1 aliphatic heterocycles. The zero-order valence-electron chi connectivity index (χ0n) is 20.7. The van der Waals surface area contributed by atoms with Gasteiger partial charge in [-0.3, -0.25) is 4.79 Å². The number of amides is 1. The number of carbonyl (C=O) groups is 1. The molecular weight excluding hydrogens is 454 g/mol. The zero-order chi connectivity index (χ0) is 25.2. The molecule has 3 rings (SSSR count). The molecule has 0 saturated carbocycles. The molecule has 8 nitrogen and oxygen atoms in total. The number of anilines is 1. The minimum atomic E-state index is -3.71. The number of aliphatic hydroxyl groups is 1. The lowest BCUT2D eigenvalue weighted by Gasteiger charge is -2.38. The fraction of sp³-hybridized carbons (Fsp3) is 0.480. The molecule has 0 aromatic heterocycles. The third-order valence-corrected chi connectivity index (χ3v) is 8.17. The second-order valence-electron chi connectivity index (χ2n) is 9.30. The quantitative estimate of drug-likeness (QED) is 0.643. The molecule has 186 valence electrons. The fourth-order valence-electron chi connectivity index (χ4n) is 3.95. The highest BCUT2D eigenvalue weighted by Gasteiger charge is 2.35. The van der Waals surface area contributed by atoms with Gasteiger partial charge >= 0.3 is 0 Å². The summed E-state index contributed by atoms with van der Waals surface area (Å²) in [6.07, 6.45) is -0.504. The van der Waals surface area contributed by atoms with Gasteiger partial charge in [-0.15, -0.1) is 0 Å². The number of aliphatic hydroxyl groups excluding tert-OH is 1. The average molecular weight is 490 g/mol. The Morgan fingerprint density at radius 1 is 1.15 bits per heavy atom. The van der Waals surface area contributed by atoms with Gasteiger partial charge in [-0.2, -0.15) is 4.31 Å². The molecule has 3 atom stereocenters. The highest BCUT2D eigenvalue weighted by molar-refractivity contribution is 7.89. The molecule has 2 aromatic carbocycles. The van der Waals surface area contributed by atoms with Gasteiger partial charge in [0.15, 0.2) is 0 Å². The van der Waals surface area contributed by atoms with E-state index in [0.29, 0.717) is 17.9 Å².